The number of fused-ring (bicyclic) bond motifs is 1. The number of hydrogen-bond acceptors (Lipinski definition) is 0. The van der Waals surface area contributed by atoms with Gasteiger partial charge in [-0.15, -0.1) is 0 Å². The highest BCUT2D eigenvalue weighted by Gasteiger charge is 2.34. The van der Waals surface area contributed by atoms with Crippen LogP contribution in [-0.4, -0.2) is 0 Å². The third kappa shape index (κ3) is 2.30. The molecule has 0 saturated heterocycles. The standard InChI is InChI=1S/C24H22/c1-18-10-8-9-17-24(18,2)23-21-14-7-6-13-20(21)15-16-22(23)19-11-4-3-5-12-19/h3-18H,1-2H3. The van der Waals surface area contributed by atoms with Crippen LogP contribution in [0.1, 0.15) is 19.4 Å². The molecule has 4 rings (SSSR count). The number of rotatable bonds is 2. The highest BCUT2D eigenvalue weighted by Crippen LogP contribution is 2.45. The maximum absolute atomic E-state index is 2.37. The van der Waals surface area contributed by atoms with Crippen molar-refractivity contribution in [3.05, 3.63) is 96.6 Å². The molecule has 0 heterocycles. The summed E-state index contributed by atoms with van der Waals surface area (Å²) in [4.78, 5) is 0. The van der Waals surface area contributed by atoms with Gasteiger partial charge in [-0.25, -0.2) is 0 Å². The van der Waals surface area contributed by atoms with Crippen LogP contribution in [0.3, 0.4) is 0 Å². The van der Waals surface area contributed by atoms with Gasteiger partial charge in [0.1, 0.15) is 0 Å². The van der Waals surface area contributed by atoms with E-state index in [4.69, 9.17) is 0 Å². The predicted octanol–water partition coefficient (Wildman–Crippen LogP) is 6.53. The van der Waals surface area contributed by atoms with E-state index in [0.29, 0.717) is 5.92 Å². The molecule has 3 aromatic carbocycles. The van der Waals surface area contributed by atoms with Gasteiger partial charge in [0.05, 0.1) is 0 Å². The molecule has 118 valence electrons. The molecule has 1 aliphatic carbocycles. The third-order valence-corrected chi connectivity index (χ3v) is 5.45. The molecule has 0 aromatic heterocycles. The largest absolute Gasteiger partial charge is 0.0805 e. The Bertz CT molecular complexity index is 931. The zero-order chi connectivity index (χ0) is 16.6. The van der Waals surface area contributed by atoms with Crippen molar-refractivity contribution >= 4 is 10.8 Å². The summed E-state index contributed by atoms with van der Waals surface area (Å²) in [6.45, 7) is 4.68. The number of benzene rings is 3. The molecule has 0 radical (unpaired) electrons. The van der Waals surface area contributed by atoms with Crippen LogP contribution in [0.5, 0.6) is 0 Å². The highest BCUT2D eigenvalue weighted by atomic mass is 14.4. The summed E-state index contributed by atoms with van der Waals surface area (Å²) in [6.07, 6.45) is 9.04. The first kappa shape index (κ1) is 15.0. The molecule has 0 spiro atoms. The molecule has 0 nitrogen and oxygen atoms in total. The zero-order valence-electron chi connectivity index (χ0n) is 14.2. The lowest BCUT2D eigenvalue weighted by atomic mass is 9.67. The van der Waals surface area contributed by atoms with Crippen LogP contribution in [0, 0.1) is 5.92 Å². The first-order chi connectivity index (χ1) is 11.7. The summed E-state index contributed by atoms with van der Waals surface area (Å²) in [5, 5.41) is 2.66. The van der Waals surface area contributed by atoms with Gasteiger partial charge in [-0.1, -0.05) is 105 Å². The monoisotopic (exact) mass is 310 g/mol. The van der Waals surface area contributed by atoms with E-state index in [2.05, 4.69) is 105 Å². The van der Waals surface area contributed by atoms with Crippen molar-refractivity contribution in [1.82, 2.24) is 0 Å². The van der Waals surface area contributed by atoms with E-state index >= 15 is 0 Å². The van der Waals surface area contributed by atoms with Crippen molar-refractivity contribution in [2.45, 2.75) is 19.3 Å². The van der Waals surface area contributed by atoms with E-state index in [1.807, 2.05) is 0 Å². The molecular formula is C24H22. The minimum Gasteiger partial charge on any atom is -0.0805 e. The molecule has 0 bridgehead atoms. The van der Waals surface area contributed by atoms with Gasteiger partial charge >= 0.3 is 0 Å². The quantitative estimate of drug-likeness (QED) is 0.505. The number of allylic oxidation sites excluding steroid dienone is 4. The average Bonchev–Trinajstić information content (AvgIpc) is 2.64. The smallest absolute Gasteiger partial charge is 0.0179 e. The van der Waals surface area contributed by atoms with Crippen LogP contribution in [0.15, 0.2) is 91.0 Å². The summed E-state index contributed by atoms with van der Waals surface area (Å²) in [5.74, 6) is 0.454. The minimum atomic E-state index is -0.0131. The normalized spacial score (nSPS) is 22.8. The average molecular weight is 310 g/mol. The Balaban J connectivity index is 2.08. The molecule has 1 aliphatic rings. The predicted molar refractivity (Wildman–Crippen MR) is 104 cm³/mol. The van der Waals surface area contributed by atoms with Crippen molar-refractivity contribution < 1.29 is 0 Å². The molecule has 2 atom stereocenters. The Morgan fingerprint density at radius 3 is 2.33 bits per heavy atom. The fraction of sp³-hybridized carbons (Fsp3) is 0.167. The van der Waals surface area contributed by atoms with Crippen LogP contribution in [-0.2, 0) is 5.41 Å². The fourth-order valence-electron chi connectivity index (χ4n) is 3.86. The van der Waals surface area contributed by atoms with Gasteiger partial charge < -0.3 is 0 Å². The van der Waals surface area contributed by atoms with Gasteiger partial charge in [-0.2, -0.15) is 0 Å². The second-order valence-electron chi connectivity index (χ2n) is 6.89. The lowest BCUT2D eigenvalue weighted by molar-refractivity contribution is 0.462. The van der Waals surface area contributed by atoms with Crippen molar-refractivity contribution in [1.29, 1.82) is 0 Å². The molecule has 3 aromatic rings. The van der Waals surface area contributed by atoms with Gasteiger partial charge in [-0.3, -0.25) is 0 Å². The van der Waals surface area contributed by atoms with Gasteiger partial charge in [-0.05, 0) is 33.4 Å². The zero-order valence-corrected chi connectivity index (χ0v) is 14.2. The number of hydrogen-bond donors (Lipinski definition) is 0. The summed E-state index contributed by atoms with van der Waals surface area (Å²) < 4.78 is 0. The van der Waals surface area contributed by atoms with Gasteiger partial charge in [0.2, 0.25) is 0 Å². The van der Waals surface area contributed by atoms with E-state index in [1.54, 1.807) is 0 Å². The Labute approximate surface area is 144 Å². The molecule has 0 heteroatoms. The lowest BCUT2D eigenvalue weighted by Gasteiger charge is -2.36. The van der Waals surface area contributed by atoms with E-state index < -0.39 is 0 Å². The van der Waals surface area contributed by atoms with E-state index in [1.165, 1.54) is 27.5 Å². The molecule has 0 fully saturated rings. The van der Waals surface area contributed by atoms with Crippen molar-refractivity contribution in [2.75, 3.05) is 0 Å². The van der Waals surface area contributed by atoms with E-state index in [-0.39, 0.29) is 5.41 Å². The summed E-state index contributed by atoms with van der Waals surface area (Å²) in [7, 11) is 0. The summed E-state index contributed by atoms with van der Waals surface area (Å²) in [6, 6.07) is 24.0. The molecule has 0 aliphatic heterocycles. The SMILES string of the molecule is CC1C=CC=CC1(C)c1c(-c2ccccc2)ccc2ccccc12. The van der Waals surface area contributed by atoms with Crippen LogP contribution >= 0.6 is 0 Å². The molecule has 24 heavy (non-hydrogen) atoms. The molecule has 0 saturated carbocycles. The molecule has 2 unspecified atom stereocenters. The van der Waals surface area contributed by atoms with Gasteiger partial charge in [0.25, 0.3) is 0 Å². The second kappa shape index (κ2) is 5.79. The highest BCUT2D eigenvalue weighted by molar-refractivity contribution is 5.93. The Morgan fingerprint density at radius 2 is 1.54 bits per heavy atom. The Kier molecular flexibility index (Phi) is 3.61. The van der Waals surface area contributed by atoms with Gasteiger partial charge in [0.15, 0.2) is 0 Å². The second-order valence-corrected chi connectivity index (χ2v) is 6.89. The fourth-order valence-corrected chi connectivity index (χ4v) is 3.86. The van der Waals surface area contributed by atoms with Crippen molar-refractivity contribution in [3.63, 3.8) is 0 Å². The van der Waals surface area contributed by atoms with Crippen LogP contribution in [0.4, 0.5) is 0 Å². The van der Waals surface area contributed by atoms with Crippen LogP contribution < -0.4 is 0 Å². The van der Waals surface area contributed by atoms with E-state index in [0.717, 1.165) is 0 Å². The van der Waals surface area contributed by atoms with Gasteiger partial charge in [0, 0.05) is 5.41 Å². The van der Waals surface area contributed by atoms with Crippen molar-refractivity contribution in [2.24, 2.45) is 5.92 Å². The molecular weight excluding hydrogens is 288 g/mol. The summed E-state index contributed by atoms with van der Waals surface area (Å²) in [5.41, 5.74) is 4.04. The first-order valence-electron chi connectivity index (χ1n) is 8.64. The Hall–Kier alpha value is -2.60. The summed E-state index contributed by atoms with van der Waals surface area (Å²) >= 11 is 0. The van der Waals surface area contributed by atoms with E-state index in [9.17, 15) is 0 Å². The maximum Gasteiger partial charge on any atom is 0.0179 e. The molecule has 0 amide bonds. The maximum atomic E-state index is 2.37. The van der Waals surface area contributed by atoms with Crippen LogP contribution in [0.25, 0.3) is 21.9 Å². The third-order valence-electron chi connectivity index (χ3n) is 5.45. The van der Waals surface area contributed by atoms with Crippen molar-refractivity contribution in [3.8, 4) is 11.1 Å². The first-order valence-corrected chi connectivity index (χ1v) is 8.64. The minimum absolute atomic E-state index is 0.0131. The Morgan fingerprint density at radius 1 is 0.792 bits per heavy atom. The molecule has 0 N–H and O–H groups in total. The lowest BCUT2D eigenvalue weighted by Crippen LogP contribution is -2.29. The van der Waals surface area contributed by atoms with Crippen LogP contribution in [0.2, 0.25) is 0 Å². The topological polar surface area (TPSA) is 0 Å².